The van der Waals surface area contributed by atoms with E-state index in [1.165, 1.54) is 11.3 Å². The summed E-state index contributed by atoms with van der Waals surface area (Å²) in [6, 6.07) is 5.40. The van der Waals surface area contributed by atoms with Gasteiger partial charge in [0.2, 0.25) is 18.6 Å². The number of aromatic nitrogens is 1. The van der Waals surface area contributed by atoms with Crippen molar-refractivity contribution in [2.45, 2.75) is 11.7 Å². The number of anilines is 2. The number of nitrogens with zero attached hydrogens (tertiary/aromatic N) is 2. The van der Waals surface area contributed by atoms with Gasteiger partial charge >= 0.3 is 0 Å². The second kappa shape index (κ2) is 5.55. The quantitative estimate of drug-likeness (QED) is 0.795. The molecule has 1 N–H and O–H groups in total. The molecule has 2 aromatic rings. The summed E-state index contributed by atoms with van der Waals surface area (Å²) in [5.41, 5.74) is -0.0687. The van der Waals surface area contributed by atoms with Gasteiger partial charge < -0.3 is 24.4 Å². The zero-order chi connectivity index (χ0) is 18.9. The molecule has 9 heteroatoms. The average molecular weight is 397 g/mol. The number of hydrogen-bond donors (Lipinski definition) is 1. The maximum absolute atomic E-state index is 13.3. The number of benzene rings is 1. The molecular formula is C19H15N3O5S. The van der Waals surface area contributed by atoms with Gasteiger partial charge in [0.25, 0.3) is 0 Å². The van der Waals surface area contributed by atoms with Crippen LogP contribution in [0.25, 0.3) is 0 Å². The molecule has 1 aromatic heterocycles. The summed E-state index contributed by atoms with van der Waals surface area (Å²) in [6.07, 6.45) is 5.05. The summed E-state index contributed by atoms with van der Waals surface area (Å²) in [7, 11) is 0. The fourth-order valence-corrected chi connectivity index (χ4v) is 5.08. The largest absolute Gasteiger partial charge is 0.454 e. The number of hydrogen-bond acceptors (Lipinski definition) is 7. The van der Waals surface area contributed by atoms with Gasteiger partial charge in [-0.1, -0.05) is 12.2 Å². The Kier molecular flexibility index (Phi) is 3.19. The molecule has 2 bridgehead atoms. The molecule has 1 aromatic carbocycles. The first-order valence-corrected chi connectivity index (χ1v) is 9.81. The van der Waals surface area contributed by atoms with Gasteiger partial charge in [0.15, 0.2) is 16.6 Å². The minimum Gasteiger partial charge on any atom is -0.454 e. The fraction of sp³-hybridized carbons (Fsp3) is 0.316. The minimum absolute atomic E-state index is 0.120. The zero-order valence-corrected chi connectivity index (χ0v) is 15.3. The van der Waals surface area contributed by atoms with Crippen LogP contribution in [-0.4, -0.2) is 41.8 Å². The molecule has 0 saturated carbocycles. The van der Waals surface area contributed by atoms with E-state index >= 15 is 0 Å². The minimum atomic E-state index is -0.775. The van der Waals surface area contributed by atoms with E-state index in [1.807, 2.05) is 18.2 Å². The molecule has 0 radical (unpaired) electrons. The number of fused-ring (bicyclic) bond motifs is 2. The SMILES string of the molecule is O=C(Nc1nccs1)[C@@H]1[C@H]2C=C[C@@]3(CN(c4ccc5c(c4)OCO5)C(=O)[C@@H]13)O2. The predicted molar refractivity (Wildman–Crippen MR) is 99.4 cm³/mol. The molecule has 4 atom stereocenters. The number of thiazole rings is 1. The fourth-order valence-electron chi connectivity index (χ4n) is 4.54. The van der Waals surface area contributed by atoms with Crippen LogP contribution in [0.3, 0.4) is 0 Å². The van der Waals surface area contributed by atoms with Crippen LogP contribution in [0.15, 0.2) is 41.9 Å². The van der Waals surface area contributed by atoms with Gasteiger partial charge in [-0.05, 0) is 12.1 Å². The summed E-state index contributed by atoms with van der Waals surface area (Å²) in [5, 5.41) is 5.12. The summed E-state index contributed by atoms with van der Waals surface area (Å²) in [4.78, 5) is 32.0. The van der Waals surface area contributed by atoms with E-state index in [2.05, 4.69) is 10.3 Å². The van der Waals surface area contributed by atoms with E-state index in [1.54, 1.807) is 28.6 Å². The lowest BCUT2D eigenvalue weighted by Gasteiger charge is -2.22. The summed E-state index contributed by atoms with van der Waals surface area (Å²) in [5.74, 6) is -0.236. The summed E-state index contributed by atoms with van der Waals surface area (Å²) >= 11 is 1.34. The molecule has 142 valence electrons. The first-order valence-electron chi connectivity index (χ1n) is 8.93. The Bertz CT molecular complexity index is 1020. The van der Waals surface area contributed by atoms with Crippen LogP contribution in [-0.2, 0) is 14.3 Å². The molecule has 2 fully saturated rings. The van der Waals surface area contributed by atoms with Crippen molar-refractivity contribution in [3.05, 3.63) is 41.9 Å². The van der Waals surface area contributed by atoms with E-state index in [-0.39, 0.29) is 18.6 Å². The lowest BCUT2D eigenvalue weighted by atomic mass is 9.77. The van der Waals surface area contributed by atoms with Crippen LogP contribution >= 0.6 is 11.3 Å². The molecule has 0 unspecified atom stereocenters. The number of rotatable bonds is 3. The van der Waals surface area contributed by atoms with E-state index in [0.29, 0.717) is 28.9 Å². The van der Waals surface area contributed by atoms with E-state index in [4.69, 9.17) is 14.2 Å². The van der Waals surface area contributed by atoms with Crippen LogP contribution in [0.4, 0.5) is 10.8 Å². The smallest absolute Gasteiger partial charge is 0.234 e. The monoisotopic (exact) mass is 397 g/mol. The Balaban J connectivity index is 1.32. The van der Waals surface area contributed by atoms with E-state index in [0.717, 1.165) is 0 Å². The second-order valence-electron chi connectivity index (χ2n) is 7.19. The van der Waals surface area contributed by atoms with Crippen LogP contribution in [0.2, 0.25) is 0 Å². The normalized spacial score (nSPS) is 31.5. The van der Waals surface area contributed by atoms with Crippen molar-refractivity contribution in [2.24, 2.45) is 11.8 Å². The van der Waals surface area contributed by atoms with Gasteiger partial charge in [0.05, 0.1) is 24.5 Å². The highest BCUT2D eigenvalue weighted by molar-refractivity contribution is 7.13. The molecule has 28 heavy (non-hydrogen) atoms. The summed E-state index contributed by atoms with van der Waals surface area (Å²) < 4.78 is 16.9. The molecule has 6 rings (SSSR count). The third-order valence-corrected chi connectivity index (χ3v) is 6.42. The maximum atomic E-state index is 13.3. The van der Waals surface area contributed by atoms with Crippen molar-refractivity contribution in [1.29, 1.82) is 0 Å². The van der Waals surface area contributed by atoms with Crippen molar-refractivity contribution < 1.29 is 23.8 Å². The first kappa shape index (κ1) is 16.1. The van der Waals surface area contributed by atoms with Crippen LogP contribution in [0.5, 0.6) is 11.5 Å². The van der Waals surface area contributed by atoms with Crippen LogP contribution in [0, 0.1) is 11.8 Å². The molecular weight excluding hydrogens is 382 g/mol. The molecule has 4 aliphatic rings. The Morgan fingerprint density at radius 2 is 2.21 bits per heavy atom. The van der Waals surface area contributed by atoms with E-state index < -0.39 is 23.5 Å². The average Bonchev–Trinajstić information content (AvgIpc) is 3.49. The molecule has 5 heterocycles. The number of carbonyl (C=O) groups is 2. The highest BCUT2D eigenvalue weighted by atomic mass is 32.1. The van der Waals surface area contributed by atoms with Crippen molar-refractivity contribution in [2.75, 3.05) is 23.6 Å². The van der Waals surface area contributed by atoms with Gasteiger partial charge in [-0.25, -0.2) is 4.98 Å². The van der Waals surface area contributed by atoms with Gasteiger partial charge in [0, 0.05) is 23.3 Å². The third kappa shape index (κ3) is 2.11. The topological polar surface area (TPSA) is 90.0 Å². The third-order valence-electron chi connectivity index (χ3n) is 5.73. The van der Waals surface area contributed by atoms with Crippen molar-refractivity contribution in [3.8, 4) is 11.5 Å². The molecule has 2 saturated heterocycles. The second-order valence-corrected chi connectivity index (χ2v) is 8.08. The number of ether oxygens (including phenoxy) is 3. The maximum Gasteiger partial charge on any atom is 0.234 e. The highest BCUT2D eigenvalue weighted by Crippen LogP contribution is 2.53. The number of nitrogens with one attached hydrogen (secondary N) is 1. The molecule has 0 aliphatic carbocycles. The number of carbonyl (C=O) groups excluding carboxylic acids is 2. The van der Waals surface area contributed by atoms with Gasteiger partial charge in [-0.3, -0.25) is 9.59 Å². The molecule has 2 amide bonds. The standard InChI is InChI=1S/C19H15N3O5S/c23-16(21-18-20-5-6-28-18)14-12-3-4-19(27-12)8-22(17(24)15(14)19)10-1-2-11-13(7-10)26-9-25-11/h1-7,12,14-15H,8-9H2,(H,20,21,23)/t12-,14-,15-,19+/m1/s1. The van der Waals surface area contributed by atoms with Crippen LogP contribution < -0.4 is 19.7 Å². The summed E-state index contributed by atoms with van der Waals surface area (Å²) in [6.45, 7) is 0.538. The Morgan fingerprint density at radius 1 is 1.32 bits per heavy atom. The predicted octanol–water partition coefficient (Wildman–Crippen LogP) is 1.80. The number of amides is 2. The Labute approximate surface area is 163 Å². The molecule has 1 spiro atoms. The van der Waals surface area contributed by atoms with Crippen molar-refractivity contribution >= 4 is 34.0 Å². The Hall–Kier alpha value is -2.91. The van der Waals surface area contributed by atoms with Gasteiger partial charge in [-0.2, -0.15) is 0 Å². The van der Waals surface area contributed by atoms with Crippen LogP contribution in [0.1, 0.15) is 0 Å². The van der Waals surface area contributed by atoms with Crippen molar-refractivity contribution in [3.63, 3.8) is 0 Å². The lowest BCUT2D eigenvalue weighted by Crippen LogP contribution is -2.41. The zero-order valence-electron chi connectivity index (χ0n) is 14.5. The van der Waals surface area contributed by atoms with Gasteiger partial charge in [0.1, 0.15) is 5.60 Å². The lowest BCUT2D eigenvalue weighted by molar-refractivity contribution is -0.128. The molecule has 4 aliphatic heterocycles. The van der Waals surface area contributed by atoms with E-state index in [9.17, 15) is 9.59 Å². The van der Waals surface area contributed by atoms with Gasteiger partial charge in [-0.15, -0.1) is 11.3 Å². The van der Waals surface area contributed by atoms with Crippen molar-refractivity contribution in [1.82, 2.24) is 4.98 Å². The molecule has 8 nitrogen and oxygen atoms in total. The highest BCUT2D eigenvalue weighted by Gasteiger charge is 2.67. The Morgan fingerprint density at radius 3 is 3.07 bits per heavy atom. The first-order chi connectivity index (χ1) is 13.6.